The second kappa shape index (κ2) is 5.92. The van der Waals surface area contributed by atoms with Gasteiger partial charge in [-0.3, -0.25) is 14.3 Å². The van der Waals surface area contributed by atoms with E-state index in [1.54, 1.807) is 25.1 Å². The third-order valence-corrected chi connectivity index (χ3v) is 4.31. The maximum Gasteiger partial charge on any atom is 0.272 e. The van der Waals surface area contributed by atoms with Crippen LogP contribution in [0.4, 0.5) is 10.1 Å². The van der Waals surface area contributed by atoms with E-state index in [1.807, 2.05) is 0 Å². The van der Waals surface area contributed by atoms with Crippen molar-refractivity contribution in [2.24, 2.45) is 0 Å². The van der Waals surface area contributed by atoms with Gasteiger partial charge in [0.1, 0.15) is 5.82 Å². The summed E-state index contributed by atoms with van der Waals surface area (Å²) in [7, 11) is -1.44. The van der Waals surface area contributed by atoms with E-state index in [2.05, 4.69) is 0 Å². The predicted molar refractivity (Wildman–Crippen MR) is 74.3 cm³/mol. The zero-order valence-electron chi connectivity index (χ0n) is 10.7. The SMILES string of the molecule is Cc1c(CS(=O)c2cccc(F)c2)cccc1[N+](=O)[O-]. The molecule has 0 saturated heterocycles. The fourth-order valence-electron chi connectivity index (χ4n) is 1.86. The van der Waals surface area contributed by atoms with Crippen LogP contribution in [-0.2, 0) is 16.6 Å². The number of hydrogen-bond acceptors (Lipinski definition) is 3. The lowest BCUT2D eigenvalue weighted by Gasteiger charge is -2.06. The summed E-state index contributed by atoms with van der Waals surface area (Å²) >= 11 is 0. The summed E-state index contributed by atoms with van der Waals surface area (Å²) in [6.07, 6.45) is 0. The van der Waals surface area contributed by atoms with Crippen molar-refractivity contribution in [2.75, 3.05) is 0 Å². The van der Waals surface area contributed by atoms with Gasteiger partial charge in [0, 0.05) is 16.5 Å². The predicted octanol–water partition coefficient (Wildman–Crippen LogP) is 3.35. The highest BCUT2D eigenvalue weighted by Crippen LogP contribution is 2.23. The summed E-state index contributed by atoms with van der Waals surface area (Å²) in [5.74, 6) is -0.330. The minimum atomic E-state index is -1.44. The Kier molecular flexibility index (Phi) is 4.24. The molecule has 0 N–H and O–H groups in total. The Balaban J connectivity index is 2.29. The van der Waals surface area contributed by atoms with Crippen LogP contribution in [0.1, 0.15) is 11.1 Å². The number of halogens is 1. The Hall–Kier alpha value is -2.08. The Bertz CT molecular complexity index is 688. The van der Waals surface area contributed by atoms with Crippen molar-refractivity contribution in [1.29, 1.82) is 0 Å². The summed E-state index contributed by atoms with van der Waals surface area (Å²) in [6.45, 7) is 1.62. The second-order valence-corrected chi connectivity index (χ2v) is 5.72. The zero-order valence-corrected chi connectivity index (χ0v) is 11.5. The van der Waals surface area contributed by atoms with Crippen molar-refractivity contribution in [1.82, 2.24) is 0 Å². The van der Waals surface area contributed by atoms with Crippen LogP contribution in [0.15, 0.2) is 47.4 Å². The molecule has 20 heavy (non-hydrogen) atoms. The smallest absolute Gasteiger partial charge is 0.258 e. The van der Waals surface area contributed by atoms with Gasteiger partial charge in [-0.1, -0.05) is 18.2 Å². The number of nitro groups is 1. The molecule has 4 nitrogen and oxygen atoms in total. The molecule has 104 valence electrons. The lowest BCUT2D eigenvalue weighted by molar-refractivity contribution is -0.385. The molecule has 0 aliphatic carbocycles. The number of benzene rings is 2. The van der Waals surface area contributed by atoms with Crippen molar-refractivity contribution >= 4 is 16.5 Å². The molecule has 0 amide bonds. The third-order valence-electron chi connectivity index (χ3n) is 2.96. The van der Waals surface area contributed by atoms with Crippen LogP contribution in [0.2, 0.25) is 0 Å². The molecule has 0 radical (unpaired) electrons. The van der Waals surface area contributed by atoms with Gasteiger partial charge in [0.15, 0.2) is 0 Å². The molecule has 0 fully saturated rings. The Morgan fingerprint density at radius 2 is 1.95 bits per heavy atom. The number of nitrogens with zero attached hydrogens (tertiary/aromatic N) is 1. The molecule has 6 heteroatoms. The molecule has 0 aromatic heterocycles. The van der Waals surface area contributed by atoms with Gasteiger partial charge in [-0.05, 0) is 30.7 Å². The van der Waals surface area contributed by atoms with Gasteiger partial charge in [0.2, 0.25) is 0 Å². The molecular formula is C14H12FNO3S. The van der Waals surface area contributed by atoms with Crippen LogP contribution in [0, 0.1) is 22.9 Å². The maximum absolute atomic E-state index is 13.1. The van der Waals surface area contributed by atoms with Gasteiger partial charge in [-0.2, -0.15) is 0 Å². The van der Waals surface area contributed by atoms with E-state index in [1.165, 1.54) is 24.3 Å². The van der Waals surface area contributed by atoms with Crippen LogP contribution < -0.4 is 0 Å². The molecule has 0 saturated carbocycles. The molecule has 0 aliphatic rings. The molecule has 2 aromatic rings. The Labute approximate surface area is 117 Å². The molecule has 1 unspecified atom stereocenters. The first-order chi connectivity index (χ1) is 9.49. The zero-order chi connectivity index (χ0) is 14.7. The maximum atomic E-state index is 13.1. The van der Waals surface area contributed by atoms with Crippen molar-refractivity contribution in [3.63, 3.8) is 0 Å². The van der Waals surface area contributed by atoms with Gasteiger partial charge >= 0.3 is 0 Å². The standard InChI is InChI=1S/C14H12FNO3S/c1-10-11(4-2-7-14(10)16(17)18)9-20(19)13-6-3-5-12(15)8-13/h2-8H,9H2,1H3. The summed E-state index contributed by atoms with van der Waals surface area (Å²) < 4.78 is 25.3. The quantitative estimate of drug-likeness (QED) is 0.641. The topological polar surface area (TPSA) is 60.2 Å². The molecule has 2 rings (SSSR count). The van der Waals surface area contributed by atoms with Crippen LogP contribution in [-0.4, -0.2) is 9.13 Å². The summed E-state index contributed by atoms with van der Waals surface area (Å²) in [5, 5.41) is 10.9. The Morgan fingerprint density at radius 1 is 1.25 bits per heavy atom. The van der Waals surface area contributed by atoms with Crippen LogP contribution in [0.3, 0.4) is 0 Å². The van der Waals surface area contributed by atoms with Gasteiger partial charge in [-0.25, -0.2) is 4.39 Å². The lowest BCUT2D eigenvalue weighted by Crippen LogP contribution is -2.01. The van der Waals surface area contributed by atoms with Crippen molar-refractivity contribution in [2.45, 2.75) is 17.6 Å². The van der Waals surface area contributed by atoms with E-state index in [9.17, 15) is 18.7 Å². The first-order valence-electron chi connectivity index (χ1n) is 5.86. The van der Waals surface area contributed by atoms with Gasteiger partial charge < -0.3 is 0 Å². The van der Waals surface area contributed by atoms with Gasteiger partial charge in [0.25, 0.3) is 5.69 Å². The fraction of sp³-hybridized carbons (Fsp3) is 0.143. The molecule has 0 bridgehead atoms. The summed E-state index contributed by atoms with van der Waals surface area (Å²) in [6, 6.07) is 10.2. The Morgan fingerprint density at radius 3 is 2.60 bits per heavy atom. The van der Waals surface area contributed by atoms with Crippen LogP contribution in [0.25, 0.3) is 0 Å². The highest BCUT2D eigenvalue weighted by atomic mass is 32.2. The summed E-state index contributed by atoms with van der Waals surface area (Å²) in [5.41, 5.74) is 1.11. The van der Waals surface area contributed by atoms with Crippen LogP contribution in [0.5, 0.6) is 0 Å². The van der Waals surface area contributed by atoms with Gasteiger partial charge in [0.05, 0.1) is 21.5 Å². The van der Waals surface area contributed by atoms with Crippen molar-refractivity contribution in [3.05, 3.63) is 69.5 Å². The number of rotatable bonds is 4. The average Bonchev–Trinajstić information content (AvgIpc) is 2.40. The van der Waals surface area contributed by atoms with Crippen molar-refractivity contribution in [3.8, 4) is 0 Å². The van der Waals surface area contributed by atoms with E-state index in [0.717, 1.165) is 0 Å². The lowest BCUT2D eigenvalue weighted by atomic mass is 10.1. The highest BCUT2D eigenvalue weighted by Gasteiger charge is 2.15. The highest BCUT2D eigenvalue weighted by molar-refractivity contribution is 7.84. The minimum absolute atomic E-state index is 0.00116. The van der Waals surface area contributed by atoms with E-state index in [0.29, 0.717) is 16.0 Å². The first kappa shape index (κ1) is 14.3. The fourth-order valence-corrected chi connectivity index (χ4v) is 3.09. The second-order valence-electron chi connectivity index (χ2n) is 4.27. The molecule has 0 aliphatic heterocycles. The largest absolute Gasteiger partial charge is 0.272 e. The number of nitro benzene ring substituents is 1. The minimum Gasteiger partial charge on any atom is -0.258 e. The molecule has 0 heterocycles. The third kappa shape index (κ3) is 3.08. The normalized spacial score (nSPS) is 12.1. The first-order valence-corrected chi connectivity index (χ1v) is 7.18. The average molecular weight is 293 g/mol. The molecule has 0 spiro atoms. The molecule has 1 atom stereocenters. The monoisotopic (exact) mass is 293 g/mol. The van der Waals surface area contributed by atoms with E-state index in [-0.39, 0.29) is 11.4 Å². The van der Waals surface area contributed by atoms with Crippen molar-refractivity contribution < 1.29 is 13.5 Å². The number of hydrogen-bond donors (Lipinski definition) is 0. The van der Waals surface area contributed by atoms with E-state index < -0.39 is 21.5 Å². The summed E-state index contributed by atoms with van der Waals surface area (Å²) in [4.78, 5) is 10.8. The molecule has 2 aromatic carbocycles. The van der Waals surface area contributed by atoms with E-state index in [4.69, 9.17) is 0 Å². The molecular weight excluding hydrogens is 281 g/mol. The van der Waals surface area contributed by atoms with Gasteiger partial charge in [-0.15, -0.1) is 0 Å². The van der Waals surface area contributed by atoms with Crippen LogP contribution >= 0.6 is 0 Å². The van der Waals surface area contributed by atoms with E-state index >= 15 is 0 Å².